The zero-order valence-corrected chi connectivity index (χ0v) is 19.3. The maximum atomic E-state index is 13.3. The van der Waals surface area contributed by atoms with Gasteiger partial charge in [-0.05, 0) is 35.1 Å². The second kappa shape index (κ2) is 11.3. The van der Waals surface area contributed by atoms with E-state index in [1.807, 2.05) is 84.9 Å². The summed E-state index contributed by atoms with van der Waals surface area (Å²) in [5.74, 6) is -1.61. The number of nitrogens with one attached hydrogen (secondary N) is 1. The number of hydrogen-bond donors (Lipinski definition) is 2. The van der Waals surface area contributed by atoms with Gasteiger partial charge in [0.25, 0.3) is 0 Å². The minimum atomic E-state index is -1.11. The Morgan fingerprint density at radius 2 is 1.49 bits per heavy atom. The van der Waals surface area contributed by atoms with Crippen molar-refractivity contribution in [2.45, 2.75) is 44.5 Å². The van der Waals surface area contributed by atoms with Crippen LogP contribution in [0.2, 0.25) is 0 Å². The predicted octanol–water partition coefficient (Wildman–Crippen LogP) is 3.95. The van der Waals surface area contributed by atoms with E-state index in [0.717, 1.165) is 22.3 Å². The summed E-state index contributed by atoms with van der Waals surface area (Å²) >= 11 is 0. The van der Waals surface area contributed by atoms with Gasteiger partial charge in [-0.25, -0.2) is 9.59 Å². The van der Waals surface area contributed by atoms with Gasteiger partial charge in [-0.1, -0.05) is 84.9 Å². The van der Waals surface area contributed by atoms with Crippen LogP contribution in [-0.2, 0) is 40.3 Å². The number of carbonyl (C=O) groups is 3. The molecule has 0 fully saturated rings. The van der Waals surface area contributed by atoms with Gasteiger partial charge in [0, 0.05) is 6.42 Å². The SMILES string of the molecule is O=C(O)[C@H](CCc1ccccc1)NC(=O)[C@@H]1Cc2ccccc2CN1C(=O)OCc1ccccc1. The van der Waals surface area contributed by atoms with Crippen molar-refractivity contribution in [3.05, 3.63) is 107 Å². The van der Waals surface area contributed by atoms with E-state index in [2.05, 4.69) is 5.32 Å². The smallest absolute Gasteiger partial charge is 0.411 e. The molecule has 0 saturated carbocycles. The zero-order valence-electron chi connectivity index (χ0n) is 19.3. The Hall–Kier alpha value is -4.13. The lowest BCUT2D eigenvalue weighted by Crippen LogP contribution is -2.55. The fraction of sp³-hybridized carbons (Fsp3) is 0.250. The highest BCUT2D eigenvalue weighted by molar-refractivity contribution is 5.90. The molecule has 180 valence electrons. The van der Waals surface area contributed by atoms with Crippen LogP contribution in [0.25, 0.3) is 0 Å². The van der Waals surface area contributed by atoms with E-state index in [1.54, 1.807) is 0 Å². The Kier molecular flexibility index (Phi) is 7.77. The van der Waals surface area contributed by atoms with Crippen molar-refractivity contribution in [1.82, 2.24) is 10.2 Å². The van der Waals surface area contributed by atoms with Gasteiger partial charge in [0.1, 0.15) is 18.7 Å². The molecule has 2 atom stereocenters. The van der Waals surface area contributed by atoms with Crippen LogP contribution in [0.3, 0.4) is 0 Å². The van der Waals surface area contributed by atoms with Crippen molar-refractivity contribution in [2.75, 3.05) is 0 Å². The Labute approximate surface area is 204 Å². The molecule has 0 saturated heterocycles. The van der Waals surface area contributed by atoms with Gasteiger partial charge >= 0.3 is 12.1 Å². The summed E-state index contributed by atoms with van der Waals surface area (Å²) in [6.45, 7) is 0.296. The molecule has 0 spiro atoms. The number of benzene rings is 3. The first-order valence-corrected chi connectivity index (χ1v) is 11.6. The molecule has 0 bridgehead atoms. The number of nitrogens with zero attached hydrogens (tertiary/aromatic N) is 1. The minimum absolute atomic E-state index is 0.0843. The summed E-state index contributed by atoms with van der Waals surface area (Å²) in [5, 5.41) is 12.4. The van der Waals surface area contributed by atoms with Gasteiger partial charge in [0.2, 0.25) is 5.91 Å². The third-order valence-electron chi connectivity index (χ3n) is 6.17. The van der Waals surface area contributed by atoms with Gasteiger partial charge in [0.15, 0.2) is 0 Å². The van der Waals surface area contributed by atoms with Crippen molar-refractivity contribution in [1.29, 1.82) is 0 Å². The van der Waals surface area contributed by atoms with Crippen LogP contribution >= 0.6 is 0 Å². The lowest BCUT2D eigenvalue weighted by molar-refractivity contribution is -0.142. The summed E-state index contributed by atoms with van der Waals surface area (Å²) in [7, 11) is 0. The van der Waals surface area contributed by atoms with E-state index >= 15 is 0 Å². The number of ether oxygens (including phenoxy) is 1. The van der Waals surface area contributed by atoms with Crippen molar-refractivity contribution >= 4 is 18.0 Å². The molecule has 0 aliphatic carbocycles. The molecule has 35 heavy (non-hydrogen) atoms. The first kappa shape index (κ1) is 24.0. The molecule has 1 aliphatic rings. The molecule has 0 unspecified atom stereocenters. The van der Waals surface area contributed by atoms with E-state index in [4.69, 9.17) is 4.74 Å². The number of fused-ring (bicyclic) bond motifs is 1. The molecule has 0 radical (unpaired) electrons. The fourth-order valence-corrected chi connectivity index (χ4v) is 4.23. The van der Waals surface area contributed by atoms with Crippen molar-refractivity contribution in [3.63, 3.8) is 0 Å². The normalized spacial score (nSPS) is 15.5. The summed E-state index contributed by atoms with van der Waals surface area (Å²) < 4.78 is 5.51. The van der Waals surface area contributed by atoms with Crippen LogP contribution in [0.1, 0.15) is 28.7 Å². The van der Waals surface area contributed by atoms with E-state index in [1.165, 1.54) is 4.90 Å². The molecular weight excluding hydrogens is 444 g/mol. The number of aryl methyl sites for hydroxylation is 1. The lowest BCUT2D eigenvalue weighted by Gasteiger charge is -2.35. The van der Waals surface area contributed by atoms with Crippen molar-refractivity contribution in [3.8, 4) is 0 Å². The molecule has 1 heterocycles. The molecule has 7 heteroatoms. The number of amides is 2. The topological polar surface area (TPSA) is 95.9 Å². The second-order valence-electron chi connectivity index (χ2n) is 8.58. The highest BCUT2D eigenvalue weighted by Crippen LogP contribution is 2.25. The van der Waals surface area contributed by atoms with Crippen molar-refractivity contribution < 1.29 is 24.2 Å². The van der Waals surface area contributed by atoms with E-state index in [9.17, 15) is 19.5 Å². The Bertz CT molecular complexity index is 1170. The zero-order chi connectivity index (χ0) is 24.6. The van der Waals surface area contributed by atoms with Gasteiger partial charge in [0.05, 0.1) is 6.54 Å². The molecule has 0 aromatic heterocycles. The lowest BCUT2D eigenvalue weighted by atomic mass is 9.93. The van der Waals surface area contributed by atoms with Crippen LogP contribution < -0.4 is 5.32 Å². The number of aliphatic carboxylic acids is 1. The molecule has 2 amide bonds. The highest BCUT2D eigenvalue weighted by Gasteiger charge is 2.37. The van der Waals surface area contributed by atoms with Gasteiger partial charge in [-0.15, -0.1) is 0 Å². The van der Waals surface area contributed by atoms with Gasteiger partial charge < -0.3 is 15.2 Å². The predicted molar refractivity (Wildman–Crippen MR) is 130 cm³/mol. The van der Waals surface area contributed by atoms with Crippen LogP contribution in [0.4, 0.5) is 4.79 Å². The van der Waals surface area contributed by atoms with Gasteiger partial charge in [-0.3, -0.25) is 9.69 Å². The third-order valence-corrected chi connectivity index (χ3v) is 6.17. The van der Waals surface area contributed by atoms with Crippen LogP contribution in [0.5, 0.6) is 0 Å². The average molecular weight is 473 g/mol. The quantitative estimate of drug-likeness (QED) is 0.518. The number of rotatable bonds is 8. The fourth-order valence-electron chi connectivity index (χ4n) is 4.23. The molecule has 1 aliphatic heterocycles. The number of carbonyl (C=O) groups excluding carboxylic acids is 2. The molecule has 4 rings (SSSR count). The van der Waals surface area contributed by atoms with Crippen molar-refractivity contribution in [2.24, 2.45) is 0 Å². The summed E-state index contributed by atoms with van der Waals surface area (Å²) in [5.41, 5.74) is 3.72. The van der Waals surface area contributed by atoms with Crippen LogP contribution in [0, 0.1) is 0 Å². The first-order valence-electron chi connectivity index (χ1n) is 11.6. The summed E-state index contributed by atoms with van der Waals surface area (Å²) in [6, 6.07) is 24.5. The van der Waals surface area contributed by atoms with E-state index in [0.29, 0.717) is 6.42 Å². The van der Waals surface area contributed by atoms with E-state index in [-0.39, 0.29) is 26.0 Å². The Morgan fingerprint density at radius 1 is 0.886 bits per heavy atom. The highest BCUT2D eigenvalue weighted by atomic mass is 16.6. The summed E-state index contributed by atoms with van der Waals surface area (Å²) in [4.78, 5) is 39.6. The number of hydrogen-bond acceptors (Lipinski definition) is 4. The average Bonchev–Trinajstić information content (AvgIpc) is 2.89. The monoisotopic (exact) mass is 472 g/mol. The number of carboxylic acid groups (broad SMARTS) is 1. The molecule has 3 aromatic carbocycles. The molecule has 2 N–H and O–H groups in total. The maximum Gasteiger partial charge on any atom is 0.411 e. The Morgan fingerprint density at radius 3 is 2.14 bits per heavy atom. The molecule has 7 nitrogen and oxygen atoms in total. The number of carboxylic acids is 1. The molecular formula is C28H28N2O5. The third kappa shape index (κ3) is 6.26. The minimum Gasteiger partial charge on any atom is -0.480 e. The standard InChI is InChI=1S/C28H28N2O5/c31-26(29-24(27(32)33)16-15-20-9-3-1-4-10-20)25-17-22-13-7-8-14-23(22)18-30(25)28(34)35-19-21-11-5-2-6-12-21/h1-14,24-25H,15-19H2,(H,29,31)(H,32,33)/t24-,25-/m0/s1. The second-order valence-corrected chi connectivity index (χ2v) is 8.58. The first-order chi connectivity index (χ1) is 17.0. The largest absolute Gasteiger partial charge is 0.480 e. The Balaban J connectivity index is 1.47. The van der Waals surface area contributed by atoms with E-state index < -0.39 is 30.1 Å². The maximum absolute atomic E-state index is 13.3. The van der Waals surface area contributed by atoms with Crippen LogP contribution in [-0.4, -0.2) is 40.1 Å². The summed E-state index contributed by atoms with van der Waals surface area (Å²) in [6.07, 6.45) is 0.425. The molecule has 3 aromatic rings. The van der Waals surface area contributed by atoms with Gasteiger partial charge in [-0.2, -0.15) is 0 Å². The van der Waals surface area contributed by atoms with Crippen LogP contribution in [0.15, 0.2) is 84.9 Å².